The van der Waals surface area contributed by atoms with Crippen LogP contribution in [-0.2, 0) is 4.74 Å². The van der Waals surface area contributed by atoms with Crippen molar-refractivity contribution >= 4 is 23.4 Å². The Morgan fingerprint density at radius 1 is 1.59 bits per heavy atom. The molecule has 0 atom stereocenters. The maximum atomic E-state index is 9.01. The average molecular weight is 262 g/mol. The Balaban J connectivity index is 2.90. The minimum absolute atomic E-state index is 0.00453. The molecule has 0 aliphatic carbocycles. The van der Waals surface area contributed by atoms with Crippen molar-refractivity contribution in [2.45, 2.75) is 0 Å². The van der Waals surface area contributed by atoms with Gasteiger partial charge < -0.3 is 14.7 Å². The Bertz CT molecular complexity index is 352. The first kappa shape index (κ1) is 13.9. The standard InChI is InChI=1S/C9H16ClN5O2/c1-17-5-3-15(2-4-16)8-7(10)6-12-9(13-8)14-11/h6,16H,2-5,11H2,1H3,(H,12,13,14). The second-order valence-electron chi connectivity index (χ2n) is 3.21. The zero-order valence-electron chi connectivity index (χ0n) is 9.56. The van der Waals surface area contributed by atoms with Crippen molar-refractivity contribution in [3.05, 3.63) is 11.2 Å². The van der Waals surface area contributed by atoms with Crippen LogP contribution in [-0.4, -0.2) is 48.5 Å². The van der Waals surface area contributed by atoms with Gasteiger partial charge in [-0.2, -0.15) is 4.98 Å². The van der Waals surface area contributed by atoms with E-state index >= 15 is 0 Å². The summed E-state index contributed by atoms with van der Waals surface area (Å²) in [5.74, 6) is 6.02. The van der Waals surface area contributed by atoms with Gasteiger partial charge in [-0.05, 0) is 0 Å². The van der Waals surface area contributed by atoms with Crippen LogP contribution in [0.3, 0.4) is 0 Å². The van der Waals surface area contributed by atoms with E-state index in [1.807, 2.05) is 0 Å². The quantitative estimate of drug-likeness (QED) is 0.464. The lowest BCUT2D eigenvalue weighted by molar-refractivity contribution is 0.202. The van der Waals surface area contributed by atoms with Gasteiger partial charge >= 0.3 is 0 Å². The highest BCUT2D eigenvalue weighted by Gasteiger charge is 2.13. The molecule has 0 bridgehead atoms. The minimum Gasteiger partial charge on any atom is -0.395 e. The predicted octanol–water partition coefficient (Wildman–Crippen LogP) is -0.139. The summed E-state index contributed by atoms with van der Waals surface area (Å²) in [6.07, 6.45) is 1.45. The molecule has 1 heterocycles. The number of methoxy groups -OCH3 is 1. The van der Waals surface area contributed by atoms with Crippen LogP contribution in [0.15, 0.2) is 6.20 Å². The molecule has 0 amide bonds. The van der Waals surface area contributed by atoms with Crippen molar-refractivity contribution in [1.82, 2.24) is 9.97 Å². The highest BCUT2D eigenvalue weighted by atomic mass is 35.5. The number of nitrogens with zero attached hydrogens (tertiary/aromatic N) is 3. The van der Waals surface area contributed by atoms with Crippen LogP contribution in [0.1, 0.15) is 0 Å². The lowest BCUT2D eigenvalue weighted by Crippen LogP contribution is -2.31. The van der Waals surface area contributed by atoms with E-state index in [1.165, 1.54) is 6.20 Å². The Kier molecular flexibility index (Phi) is 5.92. The molecule has 0 aliphatic heterocycles. The van der Waals surface area contributed by atoms with Crippen molar-refractivity contribution in [2.24, 2.45) is 5.84 Å². The Morgan fingerprint density at radius 2 is 2.35 bits per heavy atom. The summed E-state index contributed by atoms with van der Waals surface area (Å²) in [5, 5.41) is 9.40. The molecule has 7 nitrogen and oxygen atoms in total. The predicted molar refractivity (Wildman–Crippen MR) is 66.0 cm³/mol. The fourth-order valence-corrected chi connectivity index (χ4v) is 1.51. The number of nitrogens with two attached hydrogens (primary N) is 1. The molecule has 1 rings (SSSR count). The van der Waals surface area contributed by atoms with E-state index in [9.17, 15) is 0 Å². The third kappa shape index (κ3) is 3.97. The fourth-order valence-electron chi connectivity index (χ4n) is 1.30. The largest absolute Gasteiger partial charge is 0.395 e. The van der Waals surface area contributed by atoms with Crippen molar-refractivity contribution in [3.8, 4) is 0 Å². The van der Waals surface area contributed by atoms with E-state index in [4.69, 9.17) is 27.3 Å². The Labute approximate surface area is 105 Å². The van der Waals surface area contributed by atoms with Gasteiger partial charge in [-0.15, -0.1) is 0 Å². The average Bonchev–Trinajstić information content (AvgIpc) is 2.35. The van der Waals surface area contributed by atoms with Crippen molar-refractivity contribution < 1.29 is 9.84 Å². The maximum Gasteiger partial charge on any atom is 0.239 e. The van der Waals surface area contributed by atoms with E-state index in [0.29, 0.717) is 30.5 Å². The smallest absolute Gasteiger partial charge is 0.239 e. The topological polar surface area (TPSA) is 96.5 Å². The monoisotopic (exact) mass is 261 g/mol. The summed E-state index contributed by atoms with van der Waals surface area (Å²) in [4.78, 5) is 9.82. The second kappa shape index (κ2) is 7.23. The second-order valence-corrected chi connectivity index (χ2v) is 3.62. The maximum absolute atomic E-state index is 9.01. The van der Waals surface area contributed by atoms with Crippen molar-refractivity contribution in [3.63, 3.8) is 0 Å². The summed E-state index contributed by atoms with van der Waals surface area (Å²) in [6, 6.07) is 0. The van der Waals surface area contributed by atoms with Gasteiger partial charge in [0, 0.05) is 20.2 Å². The number of halogens is 1. The lowest BCUT2D eigenvalue weighted by atomic mass is 10.4. The molecule has 0 saturated heterocycles. The summed E-state index contributed by atoms with van der Waals surface area (Å²) < 4.78 is 4.99. The van der Waals surface area contributed by atoms with Gasteiger partial charge in [-0.25, -0.2) is 10.8 Å². The van der Waals surface area contributed by atoms with E-state index < -0.39 is 0 Å². The molecule has 0 aromatic carbocycles. The molecule has 17 heavy (non-hydrogen) atoms. The molecule has 96 valence electrons. The van der Waals surface area contributed by atoms with E-state index in [2.05, 4.69) is 15.4 Å². The summed E-state index contributed by atoms with van der Waals surface area (Å²) in [7, 11) is 1.60. The van der Waals surface area contributed by atoms with Gasteiger partial charge in [0.1, 0.15) is 5.02 Å². The number of rotatable bonds is 7. The first-order valence-corrected chi connectivity index (χ1v) is 5.44. The summed E-state index contributed by atoms with van der Waals surface area (Å²) in [5.41, 5.74) is 2.35. The van der Waals surface area contributed by atoms with E-state index in [-0.39, 0.29) is 12.6 Å². The molecular weight excluding hydrogens is 246 g/mol. The number of anilines is 2. The number of aliphatic hydroxyl groups excluding tert-OH is 1. The van der Waals surface area contributed by atoms with Crippen LogP contribution < -0.4 is 16.2 Å². The molecule has 1 aromatic rings. The van der Waals surface area contributed by atoms with Gasteiger partial charge in [-0.1, -0.05) is 11.6 Å². The third-order valence-electron chi connectivity index (χ3n) is 2.09. The number of aromatic nitrogens is 2. The van der Waals surface area contributed by atoms with Gasteiger partial charge in [-0.3, -0.25) is 5.43 Å². The number of nitrogens with one attached hydrogen (secondary N) is 1. The molecule has 0 aliphatic rings. The van der Waals surface area contributed by atoms with Gasteiger partial charge in [0.15, 0.2) is 5.82 Å². The molecule has 0 saturated carbocycles. The third-order valence-corrected chi connectivity index (χ3v) is 2.36. The molecule has 4 N–H and O–H groups in total. The first-order valence-electron chi connectivity index (χ1n) is 5.06. The van der Waals surface area contributed by atoms with Gasteiger partial charge in [0.25, 0.3) is 0 Å². The summed E-state index contributed by atoms with van der Waals surface area (Å²) >= 11 is 6.00. The molecule has 0 radical (unpaired) electrons. The number of hydrogen-bond acceptors (Lipinski definition) is 7. The normalized spacial score (nSPS) is 10.4. The molecule has 1 aromatic heterocycles. The highest BCUT2D eigenvalue weighted by molar-refractivity contribution is 6.32. The van der Waals surface area contributed by atoms with Gasteiger partial charge in [0.05, 0.1) is 19.4 Å². The van der Waals surface area contributed by atoms with Crippen LogP contribution in [0.5, 0.6) is 0 Å². The SMILES string of the molecule is COCCN(CCO)c1nc(NN)ncc1Cl. The fraction of sp³-hybridized carbons (Fsp3) is 0.556. The van der Waals surface area contributed by atoms with Crippen LogP contribution in [0.4, 0.5) is 11.8 Å². The molecule has 0 unspecified atom stereocenters. The minimum atomic E-state index is -0.00453. The van der Waals surface area contributed by atoms with Crippen LogP contribution >= 0.6 is 11.6 Å². The number of hydrazine groups is 1. The highest BCUT2D eigenvalue weighted by Crippen LogP contribution is 2.23. The van der Waals surface area contributed by atoms with Crippen molar-refractivity contribution in [1.29, 1.82) is 0 Å². The van der Waals surface area contributed by atoms with E-state index in [0.717, 1.165) is 0 Å². The van der Waals surface area contributed by atoms with Crippen LogP contribution in [0.2, 0.25) is 5.02 Å². The van der Waals surface area contributed by atoms with Crippen molar-refractivity contribution in [2.75, 3.05) is 43.7 Å². The zero-order chi connectivity index (χ0) is 12.7. The molecule has 8 heteroatoms. The Morgan fingerprint density at radius 3 is 2.94 bits per heavy atom. The number of hydrogen-bond donors (Lipinski definition) is 3. The number of ether oxygens (including phenoxy) is 1. The number of nitrogen functional groups attached to an aromatic ring is 1. The summed E-state index contributed by atoms with van der Waals surface area (Å²) in [6.45, 7) is 1.48. The van der Waals surface area contributed by atoms with Crippen LogP contribution in [0.25, 0.3) is 0 Å². The molecule has 0 spiro atoms. The first-order chi connectivity index (χ1) is 8.22. The zero-order valence-corrected chi connectivity index (χ0v) is 10.3. The van der Waals surface area contributed by atoms with E-state index in [1.54, 1.807) is 12.0 Å². The molecular formula is C9H16ClN5O2. The van der Waals surface area contributed by atoms with Gasteiger partial charge in [0.2, 0.25) is 5.95 Å². The number of aliphatic hydroxyl groups is 1. The molecule has 0 fully saturated rings. The lowest BCUT2D eigenvalue weighted by Gasteiger charge is -2.23. The Hall–Kier alpha value is -1.15. The van der Waals surface area contributed by atoms with Crippen LogP contribution in [0, 0.1) is 0 Å².